The predicted molar refractivity (Wildman–Crippen MR) is 202 cm³/mol. The van der Waals surface area contributed by atoms with Crippen molar-refractivity contribution in [1.29, 1.82) is 0 Å². The monoisotopic (exact) mass is 633 g/mol. The van der Waals surface area contributed by atoms with Gasteiger partial charge in [0.05, 0.1) is 27.3 Å². The van der Waals surface area contributed by atoms with Gasteiger partial charge >= 0.3 is 0 Å². The van der Waals surface area contributed by atoms with Crippen LogP contribution in [0.25, 0.3) is 84.4 Å². The maximum absolute atomic E-state index is 5.62. The second kappa shape index (κ2) is 9.46. The summed E-state index contributed by atoms with van der Waals surface area (Å²) in [4.78, 5) is 13.4. The minimum absolute atomic E-state index is 0.687. The molecule has 11 rings (SSSR count). The van der Waals surface area contributed by atoms with Crippen molar-refractivity contribution in [2.45, 2.75) is 0 Å². The average Bonchev–Trinajstić information content (AvgIpc) is 3.70. The molecule has 3 aromatic heterocycles. The first-order valence-electron chi connectivity index (χ1n) is 15.8. The Labute approximate surface area is 277 Å². The number of anilines is 3. The summed E-state index contributed by atoms with van der Waals surface area (Å²) in [6.45, 7) is 0. The topological polar surface area (TPSA) is 29.0 Å². The lowest BCUT2D eigenvalue weighted by Gasteiger charge is -2.33. The lowest BCUT2D eigenvalue weighted by Crippen LogP contribution is -2.18. The van der Waals surface area contributed by atoms with Crippen LogP contribution in [0.4, 0.5) is 17.3 Å². The summed E-state index contributed by atoms with van der Waals surface area (Å²) in [6.07, 6.45) is 0. The summed E-state index contributed by atoms with van der Waals surface area (Å²) < 4.78 is 4.89. The van der Waals surface area contributed by atoms with Gasteiger partial charge < -0.3 is 0 Å². The molecule has 0 amide bonds. The molecule has 0 unspecified atom stereocenters. The second-order valence-electron chi connectivity index (χ2n) is 12.1. The van der Waals surface area contributed by atoms with E-state index in [-0.39, 0.29) is 0 Å². The molecule has 0 aliphatic carbocycles. The van der Waals surface area contributed by atoms with Crippen LogP contribution in [0.3, 0.4) is 0 Å². The molecule has 47 heavy (non-hydrogen) atoms. The highest BCUT2D eigenvalue weighted by atomic mass is 32.1. The zero-order valence-corrected chi connectivity index (χ0v) is 26.6. The quantitative estimate of drug-likeness (QED) is 0.190. The van der Waals surface area contributed by atoms with Gasteiger partial charge in [-0.2, -0.15) is 0 Å². The molecule has 1 aliphatic heterocycles. The van der Waals surface area contributed by atoms with Crippen molar-refractivity contribution < 1.29 is 0 Å². The maximum Gasteiger partial charge on any atom is 0.235 e. The Morgan fingerprint density at radius 1 is 0.447 bits per heavy atom. The van der Waals surface area contributed by atoms with Crippen molar-refractivity contribution in [2.24, 2.45) is 0 Å². The van der Waals surface area contributed by atoms with E-state index in [1.54, 1.807) is 11.3 Å². The van der Waals surface area contributed by atoms with Crippen molar-refractivity contribution in [1.82, 2.24) is 9.97 Å². The molecular formula is C42H23N3S2. The molecule has 0 fully saturated rings. The van der Waals surface area contributed by atoms with Gasteiger partial charge in [-0.25, -0.2) is 9.97 Å². The number of aromatic nitrogens is 2. The molecule has 0 saturated heterocycles. The van der Waals surface area contributed by atoms with Gasteiger partial charge in [-0.3, -0.25) is 4.90 Å². The molecule has 0 spiro atoms. The van der Waals surface area contributed by atoms with Gasteiger partial charge in [0.15, 0.2) is 0 Å². The van der Waals surface area contributed by atoms with Crippen LogP contribution in [0.1, 0.15) is 0 Å². The summed E-state index contributed by atoms with van der Waals surface area (Å²) >= 11 is 3.63. The molecule has 218 valence electrons. The summed E-state index contributed by atoms with van der Waals surface area (Å²) in [5.41, 5.74) is 7.78. The number of nitrogens with zero attached hydrogens (tertiary/aromatic N) is 3. The molecule has 3 nitrogen and oxygen atoms in total. The van der Waals surface area contributed by atoms with E-state index >= 15 is 0 Å². The minimum atomic E-state index is 0.687. The van der Waals surface area contributed by atoms with E-state index in [1.807, 2.05) is 11.3 Å². The maximum atomic E-state index is 5.62. The van der Waals surface area contributed by atoms with Crippen molar-refractivity contribution in [3.8, 4) is 22.4 Å². The van der Waals surface area contributed by atoms with Gasteiger partial charge in [0.25, 0.3) is 0 Å². The number of rotatable bonds is 2. The number of benzene rings is 7. The molecule has 7 aromatic carbocycles. The Kier molecular flexibility index (Phi) is 5.14. The van der Waals surface area contributed by atoms with Gasteiger partial charge in [0.2, 0.25) is 5.95 Å². The number of hydrogen-bond donors (Lipinski definition) is 0. The van der Waals surface area contributed by atoms with Crippen LogP contribution >= 0.6 is 22.7 Å². The van der Waals surface area contributed by atoms with Crippen LogP contribution in [0.15, 0.2) is 140 Å². The van der Waals surface area contributed by atoms with E-state index in [0.717, 1.165) is 38.2 Å². The van der Waals surface area contributed by atoms with Gasteiger partial charge in [-0.1, -0.05) is 115 Å². The molecule has 0 N–H and O–H groups in total. The highest BCUT2D eigenvalue weighted by Gasteiger charge is 2.31. The zero-order chi connectivity index (χ0) is 30.6. The van der Waals surface area contributed by atoms with Crippen LogP contribution in [0.5, 0.6) is 0 Å². The van der Waals surface area contributed by atoms with Crippen LogP contribution in [0, 0.1) is 0 Å². The molecule has 0 saturated carbocycles. The molecule has 5 heteroatoms. The van der Waals surface area contributed by atoms with Crippen LogP contribution in [-0.4, -0.2) is 9.97 Å². The molecule has 0 atom stereocenters. The predicted octanol–water partition coefficient (Wildman–Crippen LogP) is 12.6. The van der Waals surface area contributed by atoms with Crippen LogP contribution < -0.4 is 4.90 Å². The standard InChI is InChI=1S/C42H23N3S2/c1-2-13-26-24(10-1)22-23-28-27-16-7-11-25-12-8-18-32(36(25)27)45(40(26)28)42-43-38-30-15-4-6-20-34(30)47-41(38)39(44-42)31-17-9-21-35-37(31)29-14-3-5-19-33(29)46-35/h1-23H. The molecular weight excluding hydrogens is 611 g/mol. The molecule has 0 radical (unpaired) electrons. The fourth-order valence-corrected chi connectivity index (χ4v) is 9.89. The fraction of sp³-hybridized carbons (Fsp3) is 0. The highest BCUT2D eigenvalue weighted by Crippen LogP contribution is 2.54. The molecule has 1 aliphatic rings. The summed E-state index contributed by atoms with van der Waals surface area (Å²) in [6, 6.07) is 50.4. The average molecular weight is 634 g/mol. The van der Waals surface area contributed by atoms with Crippen molar-refractivity contribution in [2.75, 3.05) is 4.90 Å². The smallest absolute Gasteiger partial charge is 0.235 e. The number of hydrogen-bond acceptors (Lipinski definition) is 5. The fourth-order valence-electron chi connectivity index (χ4n) is 7.61. The first kappa shape index (κ1) is 25.6. The Morgan fingerprint density at radius 3 is 2.02 bits per heavy atom. The van der Waals surface area contributed by atoms with Crippen molar-refractivity contribution in [3.05, 3.63) is 140 Å². The van der Waals surface area contributed by atoms with E-state index in [4.69, 9.17) is 9.97 Å². The third-order valence-electron chi connectivity index (χ3n) is 9.60. The third kappa shape index (κ3) is 3.50. The Balaban J connectivity index is 1.31. The van der Waals surface area contributed by atoms with E-state index in [1.165, 1.54) is 57.5 Å². The van der Waals surface area contributed by atoms with Gasteiger partial charge in [0, 0.05) is 52.2 Å². The molecule has 4 heterocycles. The zero-order valence-electron chi connectivity index (χ0n) is 24.9. The second-order valence-corrected chi connectivity index (χ2v) is 14.3. The van der Waals surface area contributed by atoms with E-state index < -0.39 is 0 Å². The normalized spacial score (nSPS) is 12.6. The van der Waals surface area contributed by atoms with E-state index in [2.05, 4.69) is 144 Å². The summed E-state index contributed by atoms with van der Waals surface area (Å²) in [5.74, 6) is 0.687. The van der Waals surface area contributed by atoms with E-state index in [9.17, 15) is 0 Å². The van der Waals surface area contributed by atoms with Gasteiger partial charge in [-0.15, -0.1) is 22.7 Å². The third-order valence-corrected chi connectivity index (χ3v) is 11.9. The van der Waals surface area contributed by atoms with Crippen molar-refractivity contribution >= 4 is 102 Å². The highest BCUT2D eigenvalue weighted by molar-refractivity contribution is 7.26. The lowest BCUT2D eigenvalue weighted by molar-refractivity contribution is 1.12. The van der Waals surface area contributed by atoms with Crippen LogP contribution in [0.2, 0.25) is 0 Å². The SMILES string of the molecule is c1ccc2c3c(ccc2c1)-c1cccc2cccc(c12)N3c1nc(-c2cccc3sc4ccccc4c23)c2sc3ccccc3c2n1. The first-order chi connectivity index (χ1) is 23.3. The largest absolute Gasteiger partial charge is 0.277 e. The van der Waals surface area contributed by atoms with Gasteiger partial charge in [-0.05, 0) is 40.6 Å². The Morgan fingerprint density at radius 2 is 1.13 bits per heavy atom. The Bertz CT molecular complexity index is 2930. The lowest BCUT2D eigenvalue weighted by atomic mass is 9.89. The number of thiophene rings is 2. The first-order valence-corrected chi connectivity index (χ1v) is 17.4. The summed E-state index contributed by atoms with van der Waals surface area (Å²) in [7, 11) is 0. The van der Waals surface area contributed by atoms with Crippen LogP contribution in [-0.2, 0) is 0 Å². The van der Waals surface area contributed by atoms with Gasteiger partial charge in [0.1, 0.15) is 0 Å². The summed E-state index contributed by atoms with van der Waals surface area (Å²) in [5, 5.41) is 8.50. The molecule has 10 aromatic rings. The Hall–Kier alpha value is -5.62. The van der Waals surface area contributed by atoms with Crippen molar-refractivity contribution in [3.63, 3.8) is 0 Å². The minimum Gasteiger partial charge on any atom is -0.277 e. The van der Waals surface area contributed by atoms with E-state index in [0.29, 0.717) is 5.95 Å². The number of fused-ring (bicyclic) bond motifs is 10. The molecule has 0 bridgehead atoms.